The quantitative estimate of drug-likeness (QED) is 0.190. The van der Waals surface area contributed by atoms with Crippen molar-refractivity contribution >= 4 is 71.7 Å². The average Bonchev–Trinajstić information content (AvgIpc) is 3.74. The molecule has 0 aliphatic carbocycles. The van der Waals surface area contributed by atoms with E-state index < -0.39 is 0 Å². The molecule has 4 heteroatoms. The van der Waals surface area contributed by atoms with Crippen molar-refractivity contribution in [2.24, 2.45) is 0 Å². The molecule has 0 spiro atoms. The lowest BCUT2D eigenvalue weighted by atomic mass is 9.99. The molecule has 49 heavy (non-hydrogen) atoms. The van der Waals surface area contributed by atoms with Gasteiger partial charge in [0.1, 0.15) is 16.7 Å². The molecule has 3 aromatic heterocycles. The summed E-state index contributed by atoms with van der Waals surface area (Å²) in [6.45, 7) is 0. The van der Waals surface area contributed by atoms with Crippen LogP contribution in [0.25, 0.3) is 76.9 Å². The highest BCUT2D eigenvalue weighted by molar-refractivity contribution is 6.15. The third kappa shape index (κ3) is 4.57. The predicted molar refractivity (Wildman–Crippen MR) is 202 cm³/mol. The number of rotatable bonds is 5. The van der Waals surface area contributed by atoms with Gasteiger partial charge >= 0.3 is 0 Å². The molecule has 10 rings (SSSR count). The predicted octanol–water partition coefficient (Wildman–Crippen LogP) is 12.8. The number of benzene rings is 7. The number of hydrogen-bond donors (Lipinski definition) is 0. The lowest BCUT2D eigenvalue weighted by Crippen LogP contribution is -2.10. The first-order valence-corrected chi connectivity index (χ1v) is 16.4. The van der Waals surface area contributed by atoms with Crippen LogP contribution in [0.3, 0.4) is 0 Å². The second-order valence-electron chi connectivity index (χ2n) is 12.4. The van der Waals surface area contributed by atoms with Gasteiger partial charge in [0.05, 0.1) is 6.20 Å². The first-order chi connectivity index (χ1) is 24.3. The Morgan fingerprint density at radius 3 is 1.92 bits per heavy atom. The van der Waals surface area contributed by atoms with Gasteiger partial charge in [-0.05, 0) is 94.4 Å². The second-order valence-corrected chi connectivity index (χ2v) is 12.4. The molecule has 0 bridgehead atoms. The molecule has 0 saturated heterocycles. The summed E-state index contributed by atoms with van der Waals surface area (Å²) in [5, 5.41) is 6.60. The van der Waals surface area contributed by atoms with Gasteiger partial charge in [0, 0.05) is 50.2 Å². The lowest BCUT2D eigenvalue weighted by molar-refractivity contribution is 0.669. The molecule has 0 aliphatic rings. The van der Waals surface area contributed by atoms with Gasteiger partial charge < -0.3 is 13.7 Å². The van der Waals surface area contributed by atoms with Gasteiger partial charge in [0.15, 0.2) is 5.58 Å². The summed E-state index contributed by atoms with van der Waals surface area (Å²) in [7, 11) is 0. The van der Waals surface area contributed by atoms with E-state index in [0.29, 0.717) is 0 Å². The molecule has 4 nitrogen and oxygen atoms in total. The van der Waals surface area contributed by atoms with E-state index in [0.717, 1.165) is 88.4 Å². The Balaban J connectivity index is 1.15. The highest BCUT2D eigenvalue weighted by atomic mass is 16.3. The van der Waals surface area contributed by atoms with E-state index in [-0.39, 0.29) is 0 Å². The lowest BCUT2D eigenvalue weighted by Gasteiger charge is -2.26. The van der Waals surface area contributed by atoms with Gasteiger partial charge in [-0.15, -0.1) is 0 Å². The number of anilines is 3. The average molecular weight is 629 g/mol. The Morgan fingerprint density at radius 1 is 0.388 bits per heavy atom. The van der Waals surface area contributed by atoms with Crippen LogP contribution in [0.15, 0.2) is 179 Å². The molecule has 0 fully saturated rings. The molecule has 10 aromatic rings. The number of nitrogens with zero attached hydrogens (tertiary/aromatic N) is 2. The van der Waals surface area contributed by atoms with Crippen molar-refractivity contribution in [2.45, 2.75) is 0 Å². The van der Waals surface area contributed by atoms with E-state index in [4.69, 9.17) is 8.83 Å². The smallest absolute Gasteiger partial charge is 0.153 e. The molecule has 7 aromatic carbocycles. The summed E-state index contributed by atoms with van der Waals surface area (Å²) in [6.07, 6.45) is 3.61. The Hall–Kier alpha value is -6.65. The van der Waals surface area contributed by atoms with E-state index in [1.807, 2.05) is 24.4 Å². The van der Waals surface area contributed by atoms with Gasteiger partial charge in [-0.2, -0.15) is 0 Å². The molecule has 0 N–H and O–H groups in total. The molecule has 0 aliphatic heterocycles. The summed E-state index contributed by atoms with van der Waals surface area (Å²) in [6, 6.07) is 55.7. The van der Waals surface area contributed by atoms with Gasteiger partial charge in [-0.3, -0.25) is 4.98 Å². The Morgan fingerprint density at radius 2 is 1.06 bits per heavy atom. The second kappa shape index (κ2) is 11.0. The van der Waals surface area contributed by atoms with Crippen LogP contribution in [0, 0.1) is 0 Å². The number of pyridine rings is 1. The summed E-state index contributed by atoms with van der Waals surface area (Å²) in [5.41, 5.74) is 11.2. The van der Waals surface area contributed by atoms with Crippen LogP contribution in [0.4, 0.5) is 17.1 Å². The van der Waals surface area contributed by atoms with Gasteiger partial charge in [-0.25, -0.2) is 0 Å². The monoisotopic (exact) mass is 628 g/mol. The molecule has 0 amide bonds. The zero-order valence-electron chi connectivity index (χ0n) is 26.4. The molecule has 0 radical (unpaired) electrons. The summed E-state index contributed by atoms with van der Waals surface area (Å²) in [5.74, 6) is 0. The minimum Gasteiger partial charge on any atom is -0.456 e. The minimum atomic E-state index is 0.799. The van der Waals surface area contributed by atoms with Crippen LogP contribution in [0.2, 0.25) is 0 Å². The van der Waals surface area contributed by atoms with E-state index in [9.17, 15) is 0 Å². The van der Waals surface area contributed by atoms with Crippen molar-refractivity contribution in [3.63, 3.8) is 0 Å². The number of hydrogen-bond acceptors (Lipinski definition) is 4. The fraction of sp³-hybridized carbons (Fsp3) is 0. The maximum atomic E-state index is 6.36. The molecular weight excluding hydrogens is 601 g/mol. The SMILES string of the molecule is c1ccc(-c2cccc(N(c3cccc(-c4ccc5ccc6c7ccncc7oc6c5c4)c3)c3ccc4oc5ccccc5c4c3)c2)cc1. The zero-order chi connectivity index (χ0) is 32.3. The molecule has 0 saturated carbocycles. The Bertz CT molecular complexity index is 2850. The van der Waals surface area contributed by atoms with Crippen molar-refractivity contribution in [1.29, 1.82) is 0 Å². The van der Waals surface area contributed by atoms with Crippen LogP contribution < -0.4 is 4.90 Å². The number of aromatic nitrogens is 1. The zero-order valence-corrected chi connectivity index (χ0v) is 26.4. The van der Waals surface area contributed by atoms with Crippen LogP contribution in [0.1, 0.15) is 0 Å². The first kappa shape index (κ1) is 27.5. The number of para-hydroxylation sites is 1. The molecule has 230 valence electrons. The highest BCUT2D eigenvalue weighted by Gasteiger charge is 2.18. The van der Waals surface area contributed by atoms with Crippen LogP contribution in [-0.2, 0) is 0 Å². The number of fused-ring (bicyclic) bond motifs is 8. The highest BCUT2D eigenvalue weighted by Crippen LogP contribution is 2.42. The Labute approximate surface area is 282 Å². The largest absolute Gasteiger partial charge is 0.456 e. The third-order valence-corrected chi connectivity index (χ3v) is 9.53. The first-order valence-electron chi connectivity index (χ1n) is 16.4. The van der Waals surface area contributed by atoms with Crippen molar-refractivity contribution in [1.82, 2.24) is 4.98 Å². The summed E-state index contributed by atoms with van der Waals surface area (Å²) in [4.78, 5) is 6.61. The standard InChI is InChI=1S/C45H28N2O2/c1-2-8-29(9-3-1)31-10-6-12-34(24-31)47(36-19-21-43-41(27-36)37-14-4-5-15-42(37)48-43)35-13-7-11-32(25-35)33-17-16-30-18-20-39-38-22-23-46-28-44(38)49-45(39)40(30)26-33/h1-28H. The van der Waals surface area contributed by atoms with Crippen molar-refractivity contribution in [3.8, 4) is 22.3 Å². The van der Waals surface area contributed by atoms with Crippen LogP contribution >= 0.6 is 0 Å². The van der Waals surface area contributed by atoms with Crippen molar-refractivity contribution < 1.29 is 8.83 Å². The summed E-state index contributed by atoms with van der Waals surface area (Å²) < 4.78 is 12.6. The van der Waals surface area contributed by atoms with Crippen molar-refractivity contribution in [3.05, 3.63) is 170 Å². The topological polar surface area (TPSA) is 42.4 Å². The normalized spacial score (nSPS) is 11.7. The van der Waals surface area contributed by atoms with Gasteiger partial charge in [0.2, 0.25) is 0 Å². The van der Waals surface area contributed by atoms with E-state index >= 15 is 0 Å². The fourth-order valence-corrected chi connectivity index (χ4v) is 7.17. The molecule has 0 atom stereocenters. The maximum absolute atomic E-state index is 6.36. The molecular formula is C45H28N2O2. The van der Waals surface area contributed by atoms with Crippen LogP contribution in [0.5, 0.6) is 0 Å². The summed E-state index contributed by atoms with van der Waals surface area (Å²) >= 11 is 0. The van der Waals surface area contributed by atoms with Gasteiger partial charge in [-0.1, -0.05) is 91.0 Å². The van der Waals surface area contributed by atoms with E-state index in [1.54, 1.807) is 6.20 Å². The Kier molecular flexibility index (Phi) is 6.15. The van der Waals surface area contributed by atoms with Crippen LogP contribution in [-0.4, -0.2) is 4.98 Å². The van der Waals surface area contributed by atoms with Crippen molar-refractivity contribution in [2.75, 3.05) is 4.90 Å². The fourth-order valence-electron chi connectivity index (χ4n) is 7.17. The molecule has 3 heterocycles. The van der Waals surface area contributed by atoms with E-state index in [1.165, 1.54) is 5.56 Å². The maximum Gasteiger partial charge on any atom is 0.153 e. The number of furan rings is 2. The van der Waals surface area contributed by atoms with Gasteiger partial charge in [0.25, 0.3) is 0 Å². The third-order valence-electron chi connectivity index (χ3n) is 9.53. The van der Waals surface area contributed by atoms with E-state index in [2.05, 4.69) is 149 Å². The minimum absolute atomic E-state index is 0.799. The molecule has 0 unspecified atom stereocenters.